The molecule has 0 amide bonds. The van der Waals surface area contributed by atoms with Crippen LogP contribution in [-0.4, -0.2) is 42.6 Å². The second kappa shape index (κ2) is 6.47. The minimum atomic E-state index is 0.531. The summed E-state index contributed by atoms with van der Waals surface area (Å²) in [6.45, 7) is 5.66. The second-order valence-corrected chi connectivity index (χ2v) is 5.99. The molecule has 2 atom stereocenters. The summed E-state index contributed by atoms with van der Waals surface area (Å²) in [5, 5.41) is 6.90. The number of hydrogen-bond donors (Lipinski definition) is 1. The molecule has 2 heterocycles. The van der Waals surface area contributed by atoms with E-state index in [9.17, 15) is 0 Å². The molecule has 0 saturated carbocycles. The van der Waals surface area contributed by atoms with Crippen LogP contribution in [0.4, 0.5) is 0 Å². The highest BCUT2D eigenvalue weighted by Crippen LogP contribution is 2.17. The van der Waals surface area contributed by atoms with E-state index in [1.165, 1.54) is 30.8 Å². The van der Waals surface area contributed by atoms with Crippen molar-refractivity contribution < 1.29 is 0 Å². The lowest BCUT2D eigenvalue weighted by molar-refractivity contribution is 0.181. The van der Waals surface area contributed by atoms with Gasteiger partial charge in [-0.25, -0.2) is 4.98 Å². The predicted octanol–water partition coefficient (Wildman–Crippen LogP) is 2.32. The number of likely N-dealkylation sites (tertiary alicyclic amines) is 1. The first kappa shape index (κ1) is 13.0. The maximum Gasteiger partial charge on any atom is 0.0965 e. The van der Waals surface area contributed by atoms with Crippen LogP contribution in [0, 0.1) is 0 Å². The smallest absolute Gasteiger partial charge is 0.0965 e. The van der Waals surface area contributed by atoms with E-state index in [2.05, 4.69) is 34.6 Å². The number of nitrogens with one attached hydrogen (secondary N) is 1. The molecule has 0 aliphatic carbocycles. The molecule has 1 aromatic heterocycles. The zero-order valence-corrected chi connectivity index (χ0v) is 11.7. The Balaban J connectivity index is 1.68. The third-order valence-corrected chi connectivity index (χ3v) is 4.63. The monoisotopic (exact) mass is 253 g/mol. The van der Waals surface area contributed by atoms with Gasteiger partial charge < -0.3 is 10.2 Å². The lowest BCUT2D eigenvalue weighted by atomic mass is 10.0. The number of aromatic nitrogens is 1. The summed E-state index contributed by atoms with van der Waals surface area (Å²) in [5.41, 5.74) is 0. The van der Waals surface area contributed by atoms with Gasteiger partial charge in [0.1, 0.15) is 0 Å². The van der Waals surface area contributed by atoms with Crippen molar-refractivity contribution in [1.82, 2.24) is 15.2 Å². The van der Waals surface area contributed by atoms with E-state index in [0.717, 1.165) is 19.1 Å². The van der Waals surface area contributed by atoms with E-state index in [1.54, 1.807) is 11.3 Å². The number of thiazole rings is 1. The van der Waals surface area contributed by atoms with Gasteiger partial charge in [-0.3, -0.25) is 0 Å². The third-order valence-electron chi connectivity index (χ3n) is 3.62. The SMILES string of the molecule is CC(CNCC1CCCCN1C)c1nccs1. The number of hydrogen-bond acceptors (Lipinski definition) is 4. The summed E-state index contributed by atoms with van der Waals surface area (Å²) < 4.78 is 0. The van der Waals surface area contributed by atoms with Gasteiger partial charge in [0.05, 0.1) is 5.01 Å². The van der Waals surface area contributed by atoms with Crippen LogP contribution in [0.15, 0.2) is 11.6 Å². The van der Waals surface area contributed by atoms with Gasteiger partial charge in [-0.05, 0) is 26.4 Å². The van der Waals surface area contributed by atoms with E-state index >= 15 is 0 Å². The highest BCUT2D eigenvalue weighted by molar-refractivity contribution is 7.09. The number of nitrogens with zero attached hydrogens (tertiary/aromatic N) is 2. The Bertz CT molecular complexity index is 312. The molecule has 0 bridgehead atoms. The highest BCUT2D eigenvalue weighted by atomic mass is 32.1. The second-order valence-electron chi connectivity index (χ2n) is 5.06. The van der Waals surface area contributed by atoms with Crippen molar-refractivity contribution in [3.8, 4) is 0 Å². The largest absolute Gasteiger partial charge is 0.314 e. The molecule has 2 unspecified atom stereocenters. The molecule has 1 aromatic rings. The highest BCUT2D eigenvalue weighted by Gasteiger charge is 2.18. The van der Waals surface area contributed by atoms with Crippen LogP contribution in [0.3, 0.4) is 0 Å². The van der Waals surface area contributed by atoms with Gasteiger partial charge in [-0.1, -0.05) is 13.3 Å². The van der Waals surface area contributed by atoms with E-state index in [1.807, 2.05) is 6.20 Å². The van der Waals surface area contributed by atoms with Crippen molar-refractivity contribution in [2.24, 2.45) is 0 Å². The molecular formula is C13H23N3S. The number of rotatable bonds is 5. The van der Waals surface area contributed by atoms with Crippen molar-refractivity contribution in [2.75, 3.05) is 26.7 Å². The lowest BCUT2D eigenvalue weighted by Gasteiger charge is -2.32. The van der Waals surface area contributed by atoms with Crippen LogP contribution >= 0.6 is 11.3 Å². The van der Waals surface area contributed by atoms with Crippen LogP contribution in [0.1, 0.15) is 37.1 Å². The van der Waals surface area contributed by atoms with Gasteiger partial charge in [-0.2, -0.15) is 0 Å². The van der Waals surface area contributed by atoms with Gasteiger partial charge in [0.15, 0.2) is 0 Å². The molecule has 1 fully saturated rings. The van der Waals surface area contributed by atoms with Crippen LogP contribution in [0.5, 0.6) is 0 Å². The fourth-order valence-corrected chi connectivity index (χ4v) is 3.13. The summed E-state index contributed by atoms with van der Waals surface area (Å²) in [4.78, 5) is 6.86. The molecule has 1 N–H and O–H groups in total. The summed E-state index contributed by atoms with van der Waals surface area (Å²) in [6, 6.07) is 0.729. The molecule has 2 rings (SSSR count). The molecular weight excluding hydrogens is 230 g/mol. The first-order chi connectivity index (χ1) is 8.27. The van der Waals surface area contributed by atoms with Crippen molar-refractivity contribution in [2.45, 2.75) is 38.1 Å². The van der Waals surface area contributed by atoms with Crippen LogP contribution in [0.25, 0.3) is 0 Å². The molecule has 0 radical (unpaired) electrons. The normalized spacial score (nSPS) is 23.8. The topological polar surface area (TPSA) is 28.2 Å². The fourth-order valence-electron chi connectivity index (χ4n) is 2.43. The standard InChI is InChI=1S/C13H23N3S/c1-11(13-15-6-8-17-13)9-14-10-12-5-3-4-7-16(12)2/h6,8,11-12,14H,3-5,7,9-10H2,1-2H3. The summed E-state index contributed by atoms with van der Waals surface area (Å²) >= 11 is 1.76. The van der Waals surface area contributed by atoms with E-state index < -0.39 is 0 Å². The third kappa shape index (κ3) is 3.76. The zero-order valence-electron chi connectivity index (χ0n) is 10.9. The molecule has 1 aliphatic heterocycles. The molecule has 17 heavy (non-hydrogen) atoms. The summed E-state index contributed by atoms with van der Waals surface area (Å²) in [6.07, 6.45) is 5.99. The Labute approximate surface area is 108 Å². The number of piperidine rings is 1. The average molecular weight is 253 g/mol. The minimum Gasteiger partial charge on any atom is -0.314 e. The van der Waals surface area contributed by atoms with Crippen molar-refractivity contribution in [3.05, 3.63) is 16.6 Å². The molecule has 3 nitrogen and oxygen atoms in total. The summed E-state index contributed by atoms with van der Waals surface area (Å²) in [5.74, 6) is 0.531. The predicted molar refractivity (Wildman–Crippen MR) is 73.7 cm³/mol. The molecule has 1 aliphatic rings. The van der Waals surface area contributed by atoms with E-state index in [-0.39, 0.29) is 0 Å². The Kier molecular flexibility index (Phi) is 4.95. The molecule has 4 heteroatoms. The maximum atomic E-state index is 4.36. The van der Waals surface area contributed by atoms with Crippen molar-refractivity contribution in [3.63, 3.8) is 0 Å². The lowest BCUT2D eigenvalue weighted by Crippen LogP contribution is -2.43. The fraction of sp³-hybridized carbons (Fsp3) is 0.769. The summed E-state index contributed by atoms with van der Waals surface area (Å²) in [7, 11) is 2.25. The zero-order chi connectivity index (χ0) is 12.1. The van der Waals surface area contributed by atoms with Crippen molar-refractivity contribution >= 4 is 11.3 Å². The molecule has 1 saturated heterocycles. The van der Waals surface area contributed by atoms with Crippen LogP contribution in [0.2, 0.25) is 0 Å². The van der Waals surface area contributed by atoms with Gasteiger partial charge >= 0.3 is 0 Å². The first-order valence-electron chi connectivity index (χ1n) is 6.57. The Morgan fingerprint density at radius 3 is 3.18 bits per heavy atom. The Hall–Kier alpha value is -0.450. The minimum absolute atomic E-state index is 0.531. The maximum absolute atomic E-state index is 4.36. The average Bonchev–Trinajstić information content (AvgIpc) is 2.85. The van der Waals surface area contributed by atoms with Gasteiger partial charge in [0.2, 0.25) is 0 Å². The van der Waals surface area contributed by atoms with Gasteiger partial charge in [0.25, 0.3) is 0 Å². The Morgan fingerprint density at radius 2 is 2.47 bits per heavy atom. The number of likely N-dealkylation sites (N-methyl/N-ethyl adjacent to an activating group) is 1. The van der Waals surface area contributed by atoms with Crippen molar-refractivity contribution in [1.29, 1.82) is 0 Å². The van der Waals surface area contributed by atoms with Crippen LogP contribution < -0.4 is 5.32 Å². The molecule has 0 aromatic carbocycles. The Morgan fingerprint density at radius 1 is 1.59 bits per heavy atom. The van der Waals surface area contributed by atoms with E-state index in [4.69, 9.17) is 0 Å². The molecule has 0 spiro atoms. The van der Waals surface area contributed by atoms with Crippen LogP contribution in [-0.2, 0) is 0 Å². The first-order valence-corrected chi connectivity index (χ1v) is 7.45. The quantitative estimate of drug-likeness (QED) is 0.873. The molecule has 96 valence electrons. The van der Waals surface area contributed by atoms with Gasteiger partial charge in [0, 0.05) is 36.6 Å². The van der Waals surface area contributed by atoms with E-state index in [0.29, 0.717) is 5.92 Å². The van der Waals surface area contributed by atoms with Gasteiger partial charge in [-0.15, -0.1) is 11.3 Å².